The van der Waals surface area contributed by atoms with E-state index in [0.29, 0.717) is 12.2 Å². The summed E-state index contributed by atoms with van der Waals surface area (Å²) in [6, 6.07) is 15.7. The largest absolute Gasteiger partial charge is 0.378 e. The number of hydrogen-bond acceptors (Lipinski definition) is 5. The molecule has 9 heteroatoms. The number of benzene rings is 2. The molecule has 2 heterocycles. The summed E-state index contributed by atoms with van der Waals surface area (Å²) in [7, 11) is 4.14. The molecule has 0 saturated carbocycles. The first kappa shape index (κ1) is 31.7. The van der Waals surface area contributed by atoms with E-state index in [1.54, 1.807) is 6.20 Å². The third-order valence-electron chi connectivity index (χ3n) is 7.16. The molecule has 2 aromatic carbocycles. The van der Waals surface area contributed by atoms with Crippen LogP contribution in [0.15, 0.2) is 79.4 Å². The van der Waals surface area contributed by atoms with E-state index in [1.807, 2.05) is 62.6 Å². The molecule has 4 rings (SSSR count). The number of likely N-dealkylation sites (N-methyl/N-ethyl adjacent to an activating group) is 2. The van der Waals surface area contributed by atoms with E-state index in [-0.39, 0.29) is 11.9 Å². The molecule has 4 aromatic rings. The number of amides is 1. The number of aryl methyl sites for hydroxylation is 1. The maximum Gasteiger partial charge on any atom is 0.268 e. The number of hydrogen-bond donors (Lipinski definition) is 4. The molecule has 0 radical (unpaired) electrons. The molecule has 41 heavy (non-hydrogen) atoms. The van der Waals surface area contributed by atoms with E-state index in [1.165, 1.54) is 0 Å². The smallest absolute Gasteiger partial charge is 0.268 e. The predicted octanol–water partition coefficient (Wildman–Crippen LogP) is 5.69. The predicted molar refractivity (Wildman–Crippen MR) is 169 cm³/mol. The summed E-state index contributed by atoms with van der Waals surface area (Å²) in [6.07, 6.45) is 5.49. The topological polar surface area (TPSA) is 106 Å². The lowest BCUT2D eigenvalue weighted by molar-refractivity contribution is 0.0932. The quantitative estimate of drug-likeness (QED) is 0.184. The first-order valence-corrected chi connectivity index (χ1v) is 14.1. The second kappa shape index (κ2) is 15.2. The second-order valence-electron chi connectivity index (χ2n) is 10.2. The summed E-state index contributed by atoms with van der Waals surface area (Å²) in [5.41, 5.74) is 13.8. The Balaban J connectivity index is 0.000000228. The normalized spacial score (nSPS) is 11.5. The lowest BCUT2D eigenvalue weighted by atomic mass is 10.1. The Morgan fingerprint density at radius 2 is 1.85 bits per heavy atom. The van der Waals surface area contributed by atoms with Gasteiger partial charge in [0, 0.05) is 61.9 Å². The molecule has 0 aliphatic rings. The van der Waals surface area contributed by atoms with Gasteiger partial charge in [-0.2, -0.15) is 5.10 Å². The van der Waals surface area contributed by atoms with Crippen molar-refractivity contribution < 1.29 is 4.79 Å². The monoisotopic (exact) mass is 575 g/mol. The Kier molecular flexibility index (Phi) is 11.8. The molecule has 1 atom stereocenters. The van der Waals surface area contributed by atoms with Crippen molar-refractivity contribution in [2.75, 3.05) is 33.7 Å². The van der Waals surface area contributed by atoms with E-state index in [4.69, 9.17) is 17.3 Å². The van der Waals surface area contributed by atoms with Crippen LogP contribution in [0.25, 0.3) is 11.1 Å². The van der Waals surface area contributed by atoms with Crippen LogP contribution in [0.1, 0.15) is 45.7 Å². The van der Waals surface area contributed by atoms with E-state index in [0.717, 1.165) is 63.7 Å². The average molecular weight is 576 g/mol. The number of carbonyl (C=O) groups is 1. The standard InChI is InChI=1S/C17H23ClN4.C15H19N3O/c1-5-22(4)13(2)11-21(3)12-15-7-6-14(8-17(15)18)16-9-19-20-10-16;1-10-9-17-14(11(10)2)15(19)18-13(8-16)12-6-4-3-5-7-12/h6-10H,2,5,11-12H2,1,3-4H3,(H,19,20);3-7,9,13,17H,8,16H2,1-2H3,(H,18,19). The summed E-state index contributed by atoms with van der Waals surface area (Å²) >= 11 is 6.43. The second-order valence-corrected chi connectivity index (χ2v) is 10.6. The van der Waals surface area contributed by atoms with Crippen LogP contribution in [0.5, 0.6) is 0 Å². The maximum absolute atomic E-state index is 12.2. The fourth-order valence-electron chi connectivity index (χ4n) is 4.29. The Labute approximate surface area is 248 Å². The number of nitrogens with zero attached hydrogens (tertiary/aromatic N) is 3. The van der Waals surface area contributed by atoms with Crippen LogP contribution in [0.2, 0.25) is 5.02 Å². The van der Waals surface area contributed by atoms with Gasteiger partial charge >= 0.3 is 0 Å². The van der Waals surface area contributed by atoms with Gasteiger partial charge in [0.2, 0.25) is 0 Å². The molecule has 2 aromatic heterocycles. The van der Waals surface area contributed by atoms with Gasteiger partial charge in [-0.1, -0.05) is 60.6 Å². The number of aromatic amines is 2. The summed E-state index contributed by atoms with van der Waals surface area (Å²) in [5.74, 6) is -0.120. The maximum atomic E-state index is 12.2. The SMILES string of the molecule is C=C(CN(C)Cc1ccc(-c2cn[nH]c2)cc1Cl)N(C)CC.Cc1c[nH]c(C(=O)NC(CN)c2ccccc2)c1C. The minimum absolute atomic E-state index is 0.120. The van der Waals surface area contributed by atoms with Gasteiger partial charge in [0.25, 0.3) is 5.91 Å². The lowest BCUT2D eigenvalue weighted by Gasteiger charge is -2.25. The summed E-state index contributed by atoms with van der Waals surface area (Å²) in [5, 5.41) is 10.5. The van der Waals surface area contributed by atoms with Crippen molar-refractivity contribution in [1.82, 2.24) is 30.3 Å². The molecular formula is C32H42ClN7O. The summed E-state index contributed by atoms with van der Waals surface area (Å²) in [6.45, 7) is 13.1. The third kappa shape index (κ3) is 8.82. The Morgan fingerprint density at radius 3 is 2.41 bits per heavy atom. The average Bonchev–Trinajstić information content (AvgIpc) is 3.63. The minimum atomic E-state index is -0.170. The third-order valence-corrected chi connectivity index (χ3v) is 7.51. The van der Waals surface area contributed by atoms with Crippen molar-refractivity contribution in [2.24, 2.45) is 5.73 Å². The molecular weight excluding hydrogens is 534 g/mol. The molecule has 1 amide bonds. The lowest BCUT2D eigenvalue weighted by Crippen LogP contribution is -2.33. The summed E-state index contributed by atoms with van der Waals surface area (Å²) < 4.78 is 0. The highest BCUT2D eigenvalue weighted by Gasteiger charge is 2.17. The zero-order valence-corrected chi connectivity index (χ0v) is 25.4. The number of aromatic nitrogens is 3. The van der Waals surface area contributed by atoms with Gasteiger partial charge < -0.3 is 20.9 Å². The van der Waals surface area contributed by atoms with E-state index in [9.17, 15) is 4.79 Å². The van der Waals surface area contributed by atoms with Crippen LogP contribution < -0.4 is 11.1 Å². The molecule has 8 nitrogen and oxygen atoms in total. The van der Waals surface area contributed by atoms with E-state index >= 15 is 0 Å². The molecule has 0 saturated heterocycles. The summed E-state index contributed by atoms with van der Waals surface area (Å²) in [4.78, 5) is 19.6. The van der Waals surface area contributed by atoms with Crippen LogP contribution in [0.4, 0.5) is 0 Å². The minimum Gasteiger partial charge on any atom is -0.378 e. The fraction of sp³-hybridized carbons (Fsp3) is 0.312. The molecule has 218 valence electrons. The van der Waals surface area contributed by atoms with Crippen molar-refractivity contribution in [1.29, 1.82) is 0 Å². The van der Waals surface area contributed by atoms with Crippen LogP contribution in [-0.4, -0.2) is 64.6 Å². The van der Waals surface area contributed by atoms with Crippen molar-refractivity contribution in [3.63, 3.8) is 0 Å². The number of nitrogens with one attached hydrogen (secondary N) is 3. The zero-order chi connectivity index (χ0) is 29.9. The first-order valence-electron chi connectivity index (χ1n) is 13.7. The Bertz CT molecular complexity index is 1400. The highest BCUT2D eigenvalue weighted by atomic mass is 35.5. The molecule has 5 N–H and O–H groups in total. The number of halogens is 1. The van der Waals surface area contributed by atoms with E-state index < -0.39 is 0 Å². The van der Waals surface area contributed by atoms with Crippen molar-refractivity contribution >= 4 is 17.5 Å². The highest BCUT2D eigenvalue weighted by molar-refractivity contribution is 6.31. The van der Waals surface area contributed by atoms with Crippen LogP contribution in [0.3, 0.4) is 0 Å². The molecule has 0 bridgehead atoms. The Hall–Kier alpha value is -3.85. The van der Waals surface area contributed by atoms with Crippen molar-refractivity contribution in [3.8, 4) is 11.1 Å². The molecule has 0 fully saturated rings. The van der Waals surface area contributed by atoms with Gasteiger partial charge in [0.05, 0.1) is 12.2 Å². The number of nitrogens with two attached hydrogens (primary N) is 1. The number of carbonyl (C=O) groups excluding carboxylic acids is 1. The Morgan fingerprint density at radius 1 is 1.12 bits per heavy atom. The van der Waals surface area contributed by atoms with Crippen molar-refractivity contribution in [3.05, 3.63) is 112 Å². The van der Waals surface area contributed by atoms with Gasteiger partial charge in [0.1, 0.15) is 5.69 Å². The molecule has 0 spiro atoms. The van der Waals surface area contributed by atoms with Crippen LogP contribution >= 0.6 is 11.6 Å². The van der Waals surface area contributed by atoms with Crippen LogP contribution in [-0.2, 0) is 6.54 Å². The van der Waals surface area contributed by atoms with Crippen LogP contribution in [0, 0.1) is 13.8 Å². The highest BCUT2D eigenvalue weighted by Crippen LogP contribution is 2.26. The van der Waals surface area contributed by atoms with Gasteiger partial charge in [-0.25, -0.2) is 0 Å². The first-order chi connectivity index (χ1) is 19.6. The molecule has 1 unspecified atom stereocenters. The molecule has 0 aliphatic heterocycles. The van der Waals surface area contributed by atoms with E-state index in [2.05, 4.69) is 70.0 Å². The van der Waals surface area contributed by atoms with Gasteiger partial charge in [-0.05, 0) is 61.7 Å². The van der Waals surface area contributed by atoms with Crippen molar-refractivity contribution in [2.45, 2.75) is 33.4 Å². The zero-order valence-electron chi connectivity index (χ0n) is 24.7. The van der Waals surface area contributed by atoms with Gasteiger partial charge in [-0.15, -0.1) is 0 Å². The molecule has 0 aliphatic carbocycles. The number of rotatable bonds is 11. The van der Waals surface area contributed by atoms with Gasteiger partial charge in [-0.3, -0.25) is 14.8 Å². The number of H-pyrrole nitrogens is 2. The van der Waals surface area contributed by atoms with Gasteiger partial charge in [0.15, 0.2) is 0 Å². The fourth-order valence-corrected chi connectivity index (χ4v) is 4.53.